The van der Waals surface area contributed by atoms with Gasteiger partial charge in [0.05, 0.1) is 13.2 Å². The van der Waals surface area contributed by atoms with Crippen LogP contribution in [0.1, 0.15) is 111 Å². The van der Waals surface area contributed by atoms with Gasteiger partial charge in [-0.15, -0.1) is 0 Å². The zero-order valence-electron chi connectivity index (χ0n) is 19.8. The second kappa shape index (κ2) is 17.5. The first-order chi connectivity index (χ1) is 14.3. The second-order valence-corrected chi connectivity index (χ2v) is 8.49. The van der Waals surface area contributed by atoms with Gasteiger partial charge in [-0.25, -0.2) is 4.79 Å². The lowest BCUT2D eigenvalue weighted by Crippen LogP contribution is -2.40. The largest absolute Gasteiger partial charge is 0.465 e. The number of hydrogen-bond acceptors (Lipinski definition) is 6. The van der Waals surface area contributed by atoms with Crippen molar-refractivity contribution in [3.05, 3.63) is 0 Å². The summed E-state index contributed by atoms with van der Waals surface area (Å²) < 4.78 is 10.5. The molecule has 0 aliphatic heterocycles. The normalized spacial score (nSPS) is 13.7. The topological polar surface area (TPSA) is 93.1 Å². The van der Waals surface area contributed by atoms with E-state index in [4.69, 9.17) is 9.47 Å². The van der Waals surface area contributed by atoms with Crippen LogP contribution in [-0.2, 0) is 19.1 Å². The van der Waals surface area contributed by atoms with E-state index in [1.165, 1.54) is 12.8 Å². The highest BCUT2D eigenvalue weighted by molar-refractivity contribution is 5.77. The summed E-state index contributed by atoms with van der Waals surface area (Å²) in [5.74, 6) is -3.36. The summed E-state index contributed by atoms with van der Waals surface area (Å²) in [5, 5.41) is 20.0. The Bertz CT molecular complexity index is 449. The molecule has 2 atom stereocenters. The van der Waals surface area contributed by atoms with Crippen molar-refractivity contribution in [3.8, 4) is 0 Å². The van der Waals surface area contributed by atoms with Crippen LogP contribution in [-0.4, -0.2) is 41.2 Å². The maximum Gasteiger partial charge on any atom is 0.366 e. The van der Waals surface area contributed by atoms with E-state index in [0.717, 1.165) is 51.4 Å². The van der Waals surface area contributed by atoms with E-state index in [1.54, 1.807) is 0 Å². The van der Waals surface area contributed by atoms with Crippen molar-refractivity contribution in [2.45, 2.75) is 117 Å². The highest BCUT2D eigenvalue weighted by Crippen LogP contribution is 2.18. The zero-order valence-corrected chi connectivity index (χ0v) is 19.8. The Balaban J connectivity index is 4.15. The van der Waals surface area contributed by atoms with Gasteiger partial charge in [0, 0.05) is 12.8 Å². The molecule has 6 nitrogen and oxygen atoms in total. The van der Waals surface area contributed by atoms with Crippen LogP contribution in [0.3, 0.4) is 0 Å². The predicted octanol–water partition coefficient (Wildman–Crippen LogP) is 5.14. The van der Waals surface area contributed by atoms with Crippen molar-refractivity contribution >= 4 is 11.9 Å². The third-order valence-electron chi connectivity index (χ3n) is 5.75. The zero-order chi connectivity index (χ0) is 22.8. The van der Waals surface area contributed by atoms with Crippen LogP contribution >= 0.6 is 0 Å². The predicted molar refractivity (Wildman–Crippen MR) is 119 cm³/mol. The third kappa shape index (κ3) is 14.0. The quantitative estimate of drug-likeness (QED) is 0.167. The molecule has 2 N–H and O–H groups in total. The first-order valence-electron chi connectivity index (χ1n) is 12.1. The fraction of sp³-hybridized carbons (Fsp3) is 0.917. The number of ether oxygens (including phenoxy) is 2. The molecule has 0 aromatic rings. The molecule has 6 heteroatoms. The molecule has 0 bridgehead atoms. The van der Waals surface area contributed by atoms with Gasteiger partial charge in [0.2, 0.25) is 0 Å². The summed E-state index contributed by atoms with van der Waals surface area (Å²) in [4.78, 5) is 24.0. The Morgan fingerprint density at radius 2 is 1.27 bits per heavy atom. The SMILES string of the molecule is CCCCCC(CC)COC(=O)CCCC(O)(O)C(=O)OCC(CC)CCCCC. The Morgan fingerprint density at radius 1 is 0.767 bits per heavy atom. The number of hydrogen-bond donors (Lipinski definition) is 2. The fourth-order valence-electron chi connectivity index (χ4n) is 3.35. The van der Waals surface area contributed by atoms with Crippen molar-refractivity contribution in [1.29, 1.82) is 0 Å². The lowest BCUT2D eigenvalue weighted by molar-refractivity contribution is -0.213. The highest BCUT2D eigenvalue weighted by Gasteiger charge is 2.35. The van der Waals surface area contributed by atoms with E-state index in [2.05, 4.69) is 20.8 Å². The molecule has 0 aliphatic carbocycles. The van der Waals surface area contributed by atoms with Crippen LogP contribution in [0.4, 0.5) is 0 Å². The van der Waals surface area contributed by atoms with Gasteiger partial charge < -0.3 is 19.7 Å². The van der Waals surface area contributed by atoms with Crippen LogP contribution in [0.2, 0.25) is 0 Å². The molecule has 0 radical (unpaired) electrons. The van der Waals surface area contributed by atoms with Gasteiger partial charge in [0.15, 0.2) is 0 Å². The summed E-state index contributed by atoms with van der Waals surface area (Å²) in [5.41, 5.74) is 0. The number of carbonyl (C=O) groups excluding carboxylic acids is 2. The smallest absolute Gasteiger partial charge is 0.366 e. The molecule has 0 fully saturated rings. The minimum Gasteiger partial charge on any atom is -0.465 e. The fourth-order valence-corrected chi connectivity index (χ4v) is 3.35. The minimum absolute atomic E-state index is 0.0517. The van der Waals surface area contributed by atoms with Gasteiger partial charge in [-0.1, -0.05) is 79.1 Å². The summed E-state index contributed by atoms with van der Waals surface area (Å²) >= 11 is 0. The van der Waals surface area contributed by atoms with E-state index in [9.17, 15) is 19.8 Å². The summed E-state index contributed by atoms with van der Waals surface area (Å²) in [6.45, 7) is 9.03. The molecular formula is C24H46O6. The van der Waals surface area contributed by atoms with Crippen LogP contribution in [0.15, 0.2) is 0 Å². The Labute approximate surface area is 183 Å². The molecule has 0 spiro atoms. The summed E-state index contributed by atoms with van der Waals surface area (Å²) in [6.07, 6.45) is 10.7. The average molecular weight is 431 g/mol. The third-order valence-corrected chi connectivity index (χ3v) is 5.75. The summed E-state index contributed by atoms with van der Waals surface area (Å²) in [7, 11) is 0. The monoisotopic (exact) mass is 430 g/mol. The molecule has 0 aliphatic rings. The van der Waals surface area contributed by atoms with Gasteiger partial charge in [0.25, 0.3) is 5.79 Å². The number of unbranched alkanes of at least 4 members (excludes halogenated alkanes) is 4. The maximum absolute atomic E-state index is 12.0. The summed E-state index contributed by atoms with van der Waals surface area (Å²) in [6, 6.07) is 0. The molecule has 0 amide bonds. The van der Waals surface area contributed by atoms with Gasteiger partial charge >= 0.3 is 11.9 Å². The van der Waals surface area contributed by atoms with Gasteiger partial charge in [-0.05, 0) is 31.1 Å². The van der Waals surface area contributed by atoms with Crippen molar-refractivity contribution in [3.63, 3.8) is 0 Å². The van der Waals surface area contributed by atoms with Gasteiger partial charge in [-0.3, -0.25) is 4.79 Å². The Kier molecular flexibility index (Phi) is 16.9. The number of aliphatic hydroxyl groups is 2. The van der Waals surface area contributed by atoms with Crippen LogP contribution in [0.25, 0.3) is 0 Å². The second-order valence-electron chi connectivity index (χ2n) is 8.49. The number of esters is 2. The van der Waals surface area contributed by atoms with Gasteiger partial charge in [-0.2, -0.15) is 0 Å². The van der Waals surface area contributed by atoms with Crippen LogP contribution in [0, 0.1) is 11.8 Å². The number of carbonyl (C=O) groups is 2. The molecular weight excluding hydrogens is 384 g/mol. The number of rotatable bonds is 19. The molecule has 0 saturated carbocycles. The molecule has 0 aromatic carbocycles. The standard InChI is InChI=1S/C24H46O6/c1-5-9-11-14-20(7-3)18-29-22(25)16-13-17-24(27,28)23(26)30-19-21(8-4)15-12-10-6-2/h20-21,27-28H,5-19H2,1-4H3. The minimum atomic E-state index is -2.56. The average Bonchev–Trinajstić information content (AvgIpc) is 2.72. The van der Waals surface area contributed by atoms with Crippen molar-refractivity contribution < 1.29 is 29.3 Å². The van der Waals surface area contributed by atoms with Crippen molar-refractivity contribution in [2.75, 3.05) is 13.2 Å². The Hall–Kier alpha value is -1.14. The van der Waals surface area contributed by atoms with E-state index in [-0.39, 0.29) is 37.8 Å². The molecule has 0 aromatic heterocycles. The van der Waals surface area contributed by atoms with E-state index < -0.39 is 11.8 Å². The lowest BCUT2D eigenvalue weighted by atomic mass is 9.99. The van der Waals surface area contributed by atoms with Crippen molar-refractivity contribution in [2.24, 2.45) is 11.8 Å². The van der Waals surface area contributed by atoms with E-state index in [0.29, 0.717) is 12.5 Å². The van der Waals surface area contributed by atoms with Crippen LogP contribution < -0.4 is 0 Å². The first-order valence-corrected chi connectivity index (χ1v) is 12.1. The van der Waals surface area contributed by atoms with E-state index in [1.807, 2.05) is 6.92 Å². The Morgan fingerprint density at radius 3 is 1.73 bits per heavy atom. The molecule has 0 rings (SSSR count). The maximum atomic E-state index is 12.0. The lowest BCUT2D eigenvalue weighted by Gasteiger charge is -2.22. The highest BCUT2D eigenvalue weighted by atomic mass is 16.6. The molecule has 0 heterocycles. The van der Waals surface area contributed by atoms with Crippen LogP contribution in [0.5, 0.6) is 0 Å². The molecule has 0 saturated heterocycles. The van der Waals surface area contributed by atoms with Crippen molar-refractivity contribution in [1.82, 2.24) is 0 Å². The van der Waals surface area contributed by atoms with Gasteiger partial charge in [0.1, 0.15) is 0 Å². The molecule has 2 unspecified atom stereocenters. The van der Waals surface area contributed by atoms with E-state index >= 15 is 0 Å². The molecule has 178 valence electrons. The molecule has 30 heavy (non-hydrogen) atoms. The first kappa shape index (κ1) is 28.9.